The lowest BCUT2D eigenvalue weighted by atomic mass is 10.2. The molecule has 0 N–H and O–H groups in total. The van der Waals surface area contributed by atoms with Crippen LogP contribution in [0.4, 0.5) is 11.4 Å². The van der Waals surface area contributed by atoms with Crippen molar-refractivity contribution in [1.82, 2.24) is 13.8 Å². The van der Waals surface area contributed by atoms with Crippen LogP contribution in [-0.2, 0) is 10.0 Å². The minimum Gasteiger partial charge on any atom is -0.377 e. The van der Waals surface area contributed by atoms with E-state index in [4.69, 9.17) is 11.6 Å². The summed E-state index contributed by atoms with van der Waals surface area (Å²) in [5.41, 5.74) is 1.11. The first-order valence-corrected chi connectivity index (χ1v) is 10.0. The molecule has 12 heteroatoms. The van der Waals surface area contributed by atoms with Crippen LogP contribution in [0.2, 0.25) is 5.02 Å². The van der Waals surface area contributed by atoms with Crippen molar-refractivity contribution in [1.29, 1.82) is 0 Å². The van der Waals surface area contributed by atoms with E-state index in [0.29, 0.717) is 22.1 Å². The van der Waals surface area contributed by atoms with Gasteiger partial charge in [0, 0.05) is 39.5 Å². The molecule has 152 valence electrons. The monoisotopic (exact) mass is 436 g/mol. The number of hydrazone groups is 1. The van der Waals surface area contributed by atoms with Crippen molar-refractivity contribution in [3.63, 3.8) is 0 Å². The molecule has 2 aromatic heterocycles. The van der Waals surface area contributed by atoms with Gasteiger partial charge >= 0.3 is 0 Å². The maximum Gasteiger partial charge on any atom is 0.281 e. The number of fused-ring (bicyclic) bond motifs is 1. The highest BCUT2D eigenvalue weighted by molar-refractivity contribution is 7.89. The number of imidazole rings is 1. The van der Waals surface area contributed by atoms with Gasteiger partial charge in [0.15, 0.2) is 0 Å². The van der Waals surface area contributed by atoms with Gasteiger partial charge in [0.1, 0.15) is 10.5 Å². The number of hydrogen-bond donors (Lipinski definition) is 0. The molecule has 0 aliphatic heterocycles. The molecule has 0 aliphatic carbocycles. The van der Waals surface area contributed by atoms with Crippen LogP contribution in [0.5, 0.6) is 0 Å². The maximum absolute atomic E-state index is 13.0. The van der Waals surface area contributed by atoms with Gasteiger partial charge in [0.2, 0.25) is 0 Å². The third-order valence-corrected chi connectivity index (χ3v) is 6.01. The van der Waals surface area contributed by atoms with E-state index in [-0.39, 0.29) is 10.6 Å². The summed E-state index contributed by atoms with van der Waals surface area (Å²) < 4.78 is 28.5. The number of hydrogen-bond acceptors (Lipinski definition) is 7. The second-order valence-electron chi connectivity index (χ2n) is 6.25. The molecule has 0 fully saturated rings. The predicted molar refractivity (Wildman–Crippen MR) is 110 cm³/mol. The van der Waals surface area contributed by atoms with Crippen LogP contribution in [0.25, 0.3) is 5.65 Å². The van der Waals surface area contributed by atoms with Crippen LogP contribution in [0.15, 0.2) is 52.7 Å². The maximum atomic E-state index is 13.0. The number of rotatable bonds is 6. The molecule has 10 nitrogen and oxygen atoms in total. The predicted octanol–water partition coefficient (Wildman–Crippen LogP) is 2.62. The summed E-state index contributed by atoms with van der Waals surface area (Å²) in [6.07, 6.45) is 4.47. The lowest BCUT2D eigenvalue weighted by Crippen LogP contribution is -2.24. The molecule has 2 heterocycles. The summed E-state index contributed by atoms with van der Waals surface area (Å²) in [7, 11) is 0.387. The van der Waals surface area contributed by atoms with Crippen molar-refractivity contribution in [2.24, 2.45) is 5.10 Å². The van der Waals surface area contributed by atoms with E-state index in [1.165, 1.54) is 31.6 Å². The molecule has 0 radical (unpaired) electrons. The summed E-state index contributed by atoms with van der Waals surface area (Å²) in [5.74, 6) is 0. The number of sulfonamides is 1. The number of anilines is 1. The van der Waals surface area contributed by atoms with Gasteiger partial charge in [0.05, 0.1) is 33.7 Å². The van der Waals surface area contributed by atoms with Crippen molar-refractivity contribution < 1.29 is 13.3 Å². The Morgan fingerprint density at radius 2 is 1.97 bits per heavy atom. The van der Waals surface area contributed by atoms with Gasteiger partial charge in [-0.2, -0.15) is 17.9 Å². The molecule has 0 bridgehead atoms. The van der Waals surface area contributed by atoms with E-state index in [2.05, 4.69) is 10.1 Å². The van der Waals surface area contributed by atoms with Gasteiger partial charge in [-0.3, -0.25) is 14.5 Å². The number of pyridine rings is 1. The second-order valence-corrected chi connectivity index (χ2v) is 8.60. The normalized spacial score (nSPS) is 11.9. The molecular formula is C17H17ClN6O4S. The van der Waals surface area contributed by atoms with Crippen molar-refractivity contribution in [3.05, 3.63) is 63.6 Å². The quantitative estimate of drug-likeness (QED) is 0.333. The summed E-state index contributed by atoms with van der Waals surface area (Å²) in [6.45, 7) is 0. The number of nitrogens with zero attached hydrogens (tertiary/aromatic N) is 6. The van der Waals surface area contributed by atoms with Gasteiger partial charge in [-0.25, -0.2) is 4.98 Å². The Morgan fingerprint density at radius 1 is 1.24 bits per heavy atom. The Labute approximate surface area is 171 Å². The van der Waals surface area contributed by atoms with Crippen molar-refractivity contribution >= 4 is 44.9 Å². The van der Waals surface area contributed by atoms with Gasteiger partial charge in [0.25, 0.3) is 15.7 Å². The molecule has 1 aromatic carbocycles. The molecule has 0 spiro atoms. The number of nitro groups is 1. The van der Waals surface area contributed by atoms with Crippen molar-refractivity contribution in [2.75, 3.05) is 26.0 Å². The SMILES string of the molecule is CN(C)c1ccc([N+](=O)[O-])cc1S(=O)(=O)N(C)/N=C/c1cnc2ccc(Cl)cn12. The highest BCUT2D eigenvalue weighted by atomic mass is 35.5. The fourth-order valence-electron chi connectivity index (χ4n) is 2.61. The Balaban J connectivity index is 2.00. The van der Waals surface area contributed by atoms with Crippen LogP contribution >= 0.6 is 11.6 Å². The summed E-state index contributed by atoms with van der Waals surface area (Å²) in [5, 5.41) is 15.6. The number of nitro benzene ring substituents is 1. The Hall–Kier alpha value is -3.18. The lowest BCUT2D eigenvalue weighted by Gasteiger charge is -2.20. The summed E-state index contributed by atoms with van der Waals surface area (Å²) >= 11 is 5.99. The first-order valence-electron chi connectivity index (χ1n) is 8.22. The van der Waals surface area contributed by atoms with E-state index < -0.39 is 14.9 Å². The molecule has 0 unspecified atom stereocenters. The molecule has 0 saturated carbocycles. The second kappa shape index (κ2) is 7.68. The fraction of sp³-hybridized carbons (Fsp3) is 0.176. The molecule has 29 heavy (non-hydrogen) atoms. The number of aromatic nitrogens is 2. The molecule has 0 saturated heterocycles. The zero-order chi connectivity index (χ0) is 21.3. The molecule has 0 amide bonds. The molecular weight excluding hydrogens is 420 g/mol. The molecule has 0 atom stereocenters. The minimum absolute atomic E-state index is 0.225. The van der Waals surface area contributed by atoms with Gasteiger partial charge in [-0.05, 0) is 18.2 Å². The zero-order valence-corrected chi connectivity index (χ0v) is 17.3. The van der Waals surface area contributed by atoms with Crippen LogP contribution in [0.3, 0.4) is 0 Å². The van der Waals surface area contributed by atoms with Crippen LogP contribution < -0.4 is 4.90 Å². The van der Waals surface area contributed by atoms with Crippen molar-refractivity contribution in [3.8, 4) is 0 Å². The van der Waals surface area contributed by atoms with Gasteiger partial charge in [-0.15, -0.1) is 0 Å². The van der Waals surface area contributed by atoms with Gasteiger partial charge < -0.3 is 4.90 Å². The first kappa shape index (κ1) is 20.6. The minimum atomic E-state index is -4.15. The fourth-order valence-corrected chi connectivity index (χ4v) is 4.01. The third kappa shape index (κ3) is 4.00. The third-order valence-electron chi connectivity index (χ3n) is 4.11. The van der Waals surface area contributed by atoms with E-state index >= 15 is 0 Å². The molecule has 0 aliphatic rings. The van der Waals surface area contributed by atoms with E-state index in [1.54, 1.807) is 41.7 Å². The lowest BCUT2D eigenvalue weighted by molar-refractivity contribution is -0.385. The van der Waals surface area contributed by atoms with Crippen LogP contribution in [0, 0.1) is 10.1 Å². The smallest absolute Gasteiger partial charge is 0.281 e. The first-order chi connectivity index (χ1) is 13.6. The average molecular weight is 437 g/mol. The molecule has 3 aromatic rings. The number of non-ortho nitro benzene ring substituents is 1. The van der Waals surface area contributed by atoms with Crippen molar-refractivity contribution in [2.45, 2.75) is 4.90 Å². The highest BCUT2D eigenvalue weighted by Crippen LogP contribution is 2.30. The van der Waals surface area contributed by atoms with Gasteiger partial charge in [-0.1, -0.05) is 11.6 Å². The number of benzene rings is 1. The molecule has 3 rings (SSSR count). The Morgan fingerprint density at radius 3 is 2.62 bits per heavy atom. The standard InChI is InChI=1S/C17H17ClN6O4S/c1-21(2)15-6-5-13(24(25)26)8-16(15)29(27,28)22(3)20-10-14-9-19-17-7-4-12(18)11-23(14)17/h4-11H,1-3H3/b20-10+. The number of halogens is 1. The topological polar surface area (TPSA) is 113 Å². The largest absolute Gasteiger partial charge is 0.377 e. The van der Waals surface area contributed by atoms with E-state index in [1.807, 2.05) is 0 Å². The summed E-state index contributed by atoms with van der Waals surface area (Å²) in [4.78, 5) is 16.0. The Kier molecular flexibility index (Phi) is 5.44. The van der Waals surface area contributed by atoms with E-state index in [9.17, 15) is 18.5 Å². The average Bonchev–Trinajstić information content (AvgIpc) is 3.07. The van der Waals surface area contributed by atoms with E-state index in [0.717, 1.165) is 10.5 Å². The summed E-state index contributed by atoms with van der Waals surface area (Å²) in [6, 6.07) is 7.05. The Bertz CT molecular complexity index is 1220. The zero-order valence-electron chi connectivity index (χ0n) is 15.7. The highest BCUT2D eigenvalue weighted by Gasteiger charge is 2.27. The van der Waals surface area contributed by atoms with Crippen LogP contribution in [-0.4, -0.2) is 54.5 Å². The van der Waals surface area contributed by atoms with Crippen LogP contribution in [0.1, 0.15) is 5.69 Å².